The number of carbonyl (C=O) groups excluding carboxylic acids is 1. The van der Waals surface area contributed by atoms with Crippen LogP contribution in [0.4, 0.5) is 5.69 Å². The Morgan fingerprint density at radius 3 is 2.82 bits per heavy atom. The van der Waals surface area contributed by atoms with Crippen molar-refractivity contribution in [1.82, 2.24) is 4.98 Å². The van der Waals surface area contributed by atoms with E-state index in [4.69, 9.17) is 14.5 Å². The number of nitrogens with zero attached hydrogens (tertiary/aromatic N) is 2. The number of nitrogens with one attached hydrogen (secondary N) is 1. The minimum Gasteiger partial charge on any atom is -0.454 e. The number of hydrogen-bond acceptors (Lipinski definition) is 6. The minimum absolute atomic E-state index is 0.116. The number of aryl methyl sites for hydroxylation is 1. The van der Waals surface area contributed by atoms with E-state index >= 15 is 0 Å². The van der Waals surface area contributed by atoms with Crippen LogP contribution in [0.3, 0.4) is 0 Å². The number of nitriles is 1. The van der Waals surface area contributed by atoms with E-state index in [2.05, 4.69) is 32.2 Å². The van der Waals surface area contributed by atoms with Crippen molar-refractivity contribution < 1.29 is 14.3 Å². The van der Waals surface area contributed by atoms with Crippen molar-refractivity contribution in [2.24, 2.45) is 11.3 Å². The molecule has 1 aromatic carbocycles. The largest absolute Gasteiger partial charge is 0.454 e. The molecule has 0 saturated heterocycles. The number of thioether (sulfide) groups is 1. The topological polar surface area (TPSA) is 84.2 Å². The SMILES string of the molecule is CCC(Sc1nc2c(cc1C#N)CC(C(C)(C)CC)CC2)C(=O)Nc1ccc2c(c1)OCO2. The predicted octanol–water partition coefficient (Wildman–Crippen LogP) is 5.73. The third-order valence-electron chi connectivity index (χ3n) is 7.05. The molecule has 0 radical (unpaired) electrons. The van der Waals surface area contributed by atoms with Crippen molar-refractivity contribution in [2.45, 2.75) is 70.1 Å². The molecule has 0 spiro atoms. The van der Waals surface area contributed by atoms with Gasteiger partial charge in [-0.3, -0.25) is 4.79 Å². The quantitative estimate of drug-likeness (QED) is 0.526. The molecular formula is C26H31N3O3S. The lowest BCUT2D eigenvalue weighted by Gasteiger charge is -2.37. The molecule has 2 atom stereocenters. The average Bonchev–Trinajstić information content (AvgIpc) is 3.29. The number of hydrogen-bond donors (Lipinski definition) is 1. The van der Waals surface area contributed by atoms with Gasteiger partial charge in [0.2, 0.25) is 12.7 Å². The number of rotatable bonds is 7. The number of amides is 1. The highest BCUT2D eigenvalue weighted by molar-refractivity contribution is 8.00. The Hall–Kier alpha value is -2.72. The number of aromatic nitrogens is 1. The van der Waals surface area contributed by atoms with E-state index in [0.29, 0.717) is 40.1 Å². The highest BCUT2D eigenvalue weighted by Crippen LogP contribution is 2.41. The first-order valence-corrected chi connectivity index (χ1v) is 12.5. The molecule has 1 aliphatic carbocycles. The summed E-state index contributed by atoms with van der Waals surface area (Å²) in [6.45, 7) is 9.07. The zero-order valence-electron chi connectivity index (χ0n) is 19.7. The Bertz CT molecular complexity index is 1090. The van der Waals surface area contributed by atoms with Crippen molar-refractivity contribution in [3.8, 4) is 17.6 Å². The molecular weight excluding hydrogens is 434 g/mol. The van der Waals surface area contributed by atoms with Crippen LogP contribution in [0.15, 0.2) is 29.3 Å². The van der Waals surface area contributed by atoms with E-state index < -0.39 is 0 Å². The molecule has 2 unspecified atom stereocenters. The van der Waals surface area contributed by atoms with Gasteiger partial charge in [-0.15, -0.1) is 0 Å². The minimum atomic E-state index is -0.358. The monoisotopic (exact) mass is 465 g/mol. The van der Waals surface area contributed by atoms with Gasteiger partial charge in [-0.1, -0.05) is 45.9 Å². The third kappa shape index (κ3) is 4.96. The fraction of sp³-hybridized carbons (Fsp3) is 0.500. The maximum Gasteiger partial charge on any atom is 0.237 e. The Morgan fingerprint density at radius 1 is 1.30 bits per heavy atom. The Kier molecular flexibility index (Phi) is 6.85. The molecule has 6 nitrogen and oxygen atoms in total. The summed E-state index contributed by atoms with van der Waals surface area (Å²) in [6, 6.07) is 9.68. The van der Waals surface area contributed by atoms with Crippen LogP contribution < -0.4 is 14.8 Å². The molecule has 1 N–H and O–H groups in total. The van der Waals surface area contributed by atoms with Gasteiger partial charge in [0.05, 0.1) is 10.8 Å². The summed E-state index contributed by atoms with van der Waals surface area (Å²) >= 11 is 1.37. The molecule has 2 aliphatic rings. The summed E-state index contributed by atoms with van der Waals surface area (Å²) in [5.41, 5.74) is 3.75. The summed E-state index contributed by atoms with van der Waals surface area (Å²) in [5.74, 6) is 1.78. The summed E-state index contributed by atoms with van der Waals surface area (Å²) in [7, 11) is 0. The smallest absolute Gasteiger partial charge is 0.237 e. The van der Waals surface area contributed by atoms with Gasteiger partial charge in [-0.05, 0) is 60.8 Å². The maximum absolute atomic E-state index is 13.0. The van der Waals surface area contributed by atoms with E-state index in [0.717, 1.165) is 31.4 Å². The zero-order valence-corrected chi connectivity index (χ0v) is 20.6. The van der Waals surface area contributed by atoms with Gasteiger partial charge in [0.1, 0.15) is 11.1 Å². The van der Waals surface area contributed by atoms with Gasteiger partial charge >= 0.3 is 0 Å². The standard InChI is InChI=1S/C26H31N3O3S/c1-5-23(24(30)28-19-8-10-21-22(13-19)32-15-31-21)33-25-17(14-27)11-16-12-18(26(3,4)6-2)7-9-20(16)29-25/h8,10-11,13,18,23H,5-7,9,12,15H2,1-4H3,(H,28,30). The van der Waals surface area contributed by atoms with E-state index in [-0.39, 0.29) is 23.4 Å². The first-order chi connectivity index (χ1) is 15.8. The molecule has 174 valence electrons. The number of ether oxygens (including phenoxy) is 2. The summed E-state index contributed by atoms with van der Waals surface area (Å²) < 4.78 is 10.7. The fourth-order valence-corrected chi connectivity index (χ4v) is 5.42. The molecule has 1 aromatic heterocycles. The second-order valence-corrected chi connectivity index (χ2v) is 10.6. The highest BCUT2D eigenvalue weighted by atomic mass is 32.2. The molecule has 4 rings (SSSR count). The molecule has 1 amide bonds. The van der Waals surface area contributed by atoms with Crippen molar-refractivity contribution in [2.75, 3.05) is 12.1 Å². The Morgan fingerprint density at radius 2 is 2.09 bits per heavy atom. The van der Waals surface area contributed by atoms with Gasteiger partial charge < -0.3 is 14.8 Å². The van der Waals surface area contributed by atoms with Gasteiger partial charge in [0.25, 0.3) is 0 Å². The van der Waals surface area contributed by atoms with Crippen LogP contribution in [0.25, 0.3) is 0 Å². The summed E-state index contributed by atoms with van der Waals surface area (Å²) in [4.78, 5) is 17.9. The van der Waals surface area contributed by atoms with Crippen LogP contribution in [-0.2, 0) is 17.6 Å². The number of pyridine rings is 1. The van der Waals surface area contributed by atoms with E-state index in [1.807, 2.05) is 13.0 Å². The van der Waals surface area contributed by atoms with Crippen LogP contribution in [0, 0.1) is 22.7 Å². The van der Waals surface area contributed by atoms with Crippen LogP contribution in [-0.4, -0.2) is 22.9 Å². The maximum atomic E-state index is 13.0. The molecule has 0 saturated carbocycles. The Balaban J connectivity index is 1.50. The third-order valence-corrected chi connectivity index (χ3v) is 8.41. The zero-order chi connectivity index (χ0) is 23.6. The van der Waals surface area contributed by atoms with Gasteiger partial charge in [-0.2, -0.15) is 5.26 Å². The van der Waals surface area contributed by atoms with E-state index in [9.17, 15) is 10.1 Å². The van der Waals surface area contributed by atoms with Crippen molar-refractivity contribution in [1.29, 1.82) is 5.26 Å². The average molecular weight is 466 g/mol. The number of anilines is 1. The second-order valence-electron chi connectivity index (χ2n) is 9.41. The summed E-state index contributed by atoms with van der Waals surface area (Å²) in [6.07, 6.45) is 4.75. The fourth-order valence-electron chi connectivity index (χ4n) is 4.43. The Labute approximate surface area is 200 Å². The van der Waals surface area contributed by atoms with E-state index in [1.54, 1.807) is 18.2 Å². The first kappa shape index (κ1) is 23.4. The molecule has 7 heteroatoms. The van der Waals surface area contributed by atoms with E-state index in [1.165, 1.54) is 17.3 Å². The van der Waals surface area contributed by atoms with Gasteiger partial charge in [-0.25, -0.2) is 4.98 Å². The molecule has 2 heterocycles. The van der Waals surface area contributed by atoms with Crippen molar-refractivity contribution in [3.63, 3.8) is 0 Å². The molecule has 1 aliphatic heterocycles. The van der Waals surface area contributed by atoms with Gasteiger partial charge in [0, 0.05) is 17.4 Å². The molecule has 0 fully saturated rings. The van der Waals surface area contributed by atoms with Crippen LogP contribution >= 0.6 is 11.8 Å². The highest BCUT2D eigenvalue weighted by Gasteiger charge is 2.32. The molecule has 0 bridgehead atoms. The van der Waals surface area contributed by atoms with Gasteiger partial charge in [0.15, 0.2) is 11.5 Å². The van der Waals surface area contributed by atoms with Crippen LogP contribution in [0.1, 0.15) is 63.8 Å². The number of fused-ring (bicyclic) bond motifs is 2. The lowest BCUT2D eigenvalue weighted by atomic mass is 9.69. The van der Waals surface area contributed by atoms with Crippen molar-refractivity contribution >= 4 is 23.4 Å². The molecule has 33 heavy (non-hydrogen) atoms. The van der Waals surface area contributed by atoms with Crippen molar-refractivity contribution in [3.05, 3.63) is 41.1 Å². The number of carbonyl (C=O) groups is 1. The molecule has 2 aromatic rings. The lowest BCUT2D eigenvalue weighted by molar-refractivity contribution is -0.115. The predicted molar refractivity (Wildman–Crippen MR) is 130 cm³/mol. The lowest BCUT2D eigenvalue weighted by Crippen LogP contribution is -2.29. The second kappa shape index (κ2) is 9.64. The first-order valence-electron chi connectivity index (χ1n) is 11.6. The number of benzene rings is 1. The normalized spacial score (nSPS) is 17.7. The van der Waals surface area contributed by atoms with Crippen LogP contribution in [0.2, 0.25) is 0 Å². The van der Waals surface area contributed by atoms with Crippen LogP contribution in [0.5, 0.6) is 11.5 Å². The summed E-state index contributed by atoms with van der Waals surface area (Å²) in [5, 5.41) is 13.1.